The molecule has 0 fully saturated rings. The van der Waals surface area contributed by atoms with Crippen LogP contribution in [0.4, 0.5) is 4.39 Å². The number of nitrogens with one attached hydrogen (secondary N) is 1. The van der Waals surface area contributed by atoms with Gasteiger partial charge in [-0.05, 0) is 31.9 Å². The quantitative estimate of drug-likeness (QED) is 0.793. The summed E-state index contributed by atoms with van der Waals surface area (Å²) < 4.78 is 13.6. The van der Waals surface area contributed by atoms with Crippen molar-refractivity contribution in [1.29, 1.82) is 0 Å². The molecule has 1 unspecified atom stereocenters. The first-order valence-corrected chi connectivity index (χ1v) is 7.13. The molecule has 2 nitrogen and oxygen atoms in total. The van der Waals surface area contributed by atoms with Gasteiger partial charge < -0.3 is 5.32 Å². The van der Waals surface area contributed by atoms with Crippen LogP contribution < -0.4 is 5.32 Å². The second kappa shape index (κ2) is 7.11. The maximum atomic E-state index is 13.6. The predicted molar refractivity (Wildman–Crippen MR) is 77.3 cm³/mol. The van der Waals surface area contributed by atoms with Crippen LogP contribution in [0.5, 0.6) is 0 Å². The Morgan fingerprint density at radius 2 is 2.16 bits per heavy atom. The van der Waals surface area contributed by atoms with Crippen molar-refractivity contribution >= 4 is 29.1 Å². The summed E-state index contributed by atoms with van der Waals surface area (Å²) in [6, 6.07) is 4.39. The molecular formula is C14H18Cl2FNO. The molecule has 1 aromatic carbocycles. The van der Waals surface area contributed by atoms with Crippen molar-refractivity contribution in [2.45, 2.75) is 38.6 Å². The smallest absolute Gasteiger partial charge is 0.225 e. The van der Waals surface area contributed by atoms with Crippen molar-refractivity contribution in [2.75, 3.05) is 5.88 Å². The molecule has 0 aliphatic heterocycles. The Hall–Kier alpha value is -0.800. The molecule has 0 aliphatic rings. The number of benzene rings is 1. The third-order valence-corrected chi connectivity index (χ3v) is 3.81. The van der Waals surface area contributed by atoms with Gasteiger partial charge in [-0.25, -0.2) is 4.39 Å². The van der Waals surface area contributed by atoms with E-state index in [0.717, 1.165) is 6.42 Å². The molecule has 5 heteroatoms. The van der Waals surface area contributed by atoms with E-state index in [4.69, 9.17) is 23.2 Å². The monoisotopic (exact) mass is 305 g/mol. The Kier molecular flexibility index (Phi) is 6.08. The topological polar surface area (TPSA) is 29.1 Å². The Morgan fingerprint density at radius 3 is 2.68 bits per heavy atom. The van der Waals surface area contributed by atoms with E-state index in [1.807, 2.05) is 13.8 Å². The number of halogens is 3. The average molecular weight is 306 g/mol. The minimum absolute atomic E-state index is 0.0661. The van der Waals surface area contributed by atoms with Gasteiger partial charge in [-0.3, -0.25) is 4.79 Å². The molecule has 0 aromatic heterocycles. The van der Waals surface area contributed by atoms with Crippen LogP contribution in [0.2, 0.25) is 5.02 Å². The van der Waals surface area contributed by atoms with Crippen LogP contribution in [-0.4, -0.2) is 17.3 Å². The Labute approximate surface area is 123 Å². The minimum Gasteiger partial charge on any atom is -0.351 e. The summed E-state index contributed by atoms with van der Waals surface area (Å²) in [6.07, 6.45) is 1.36. The molecule has 106 valence electrons. The van der Waals surface area contributed by atoms with Gasteiger partial charge >= 0.3 is 0 Å². The molecule has 0 heterocycles. The van der Waals surface area contributed by atoms with Gasteiger partial charge in [0.05, 0.1) is 6.42 Å². The highest BCUT2D eigenvalue weighted by atomic mass is 35.5. The van der Waals surface area contributed by atoms with E-state index in [1.54, 1.807) is 6.07 Å². The number of rotatable bonds is 6. The van der Waals surface area contributed by atoms with E-state index in [0.29, 0.717) is 12.3 Å². The van der Waals surface area contributed by atoms with Crippen molar-refractivity contribution in [3.63, 3.8) is 0 Å². The Balaban J connectivity index is 2.75. The lowest BCUT2D eigenvalue weighted by Gasteiger charge is -2.29. The van der Waals surface area contributed by atoms with Gasteiger partial charge in [0.1, 0.15) is 5.82 Å². The summed E-state index contributed by atoms with van der Waals surface area (Å²) in [5, 5.41) is 3.17. The summed E-state index contributed by atoms with van der Waals surface area (Å²) >= 11 is 11.6. The fraction of sp³-hybridized carbons (Fsp3) is 0.500. The number of amides is 1. The van der Waals surface area contributed by atoms with E-state index in [1.165, 1.54) is 12.1 Å². The summed E-state index contributed by atoms with van der Waals surface area (Å²) in [4.78, 5) is 12.0. The first-order chi connectivity index (χ1) is 8.91. The van der Waals surface area contributed by atoms with Crippen LogP contribution in [-0.2, 0) is 11.2 Å². The molecule has 1 amide bonds. The molecular weight excluding hydrogens is 288 g/mol. The molecule has 0 radical (unpaired) electrons. The second-order valence-corrected chi connectivity index (χ2v) is 5.56. The molecule has 0 saturated carbocycles. The van der Waals surface area contributed by atoms with Crippen LogP contribution in [0, 0.1) is 5.82 Å². The first kappa shape index (κ1) is 16.3. The van der Waals surface area contributed by atoms with Gasteiger partial charge in [0.15, 0.2) is 0 Å². The molecule has 0 aliphatic carbocycles. The van der Waals surface area contributed by atoms with Crippen LogP contribution in [0.15, 0.2) is 18.2 Å². The Bertz CT molecular complexity index is 433. The van der Waals surface area contributed by atoms with Crippen LogP contribution in [0.1, 0.15) is 32.3 Å². The third kappa shape index (κ3) is 4.66. The van der Waals surface area contributed by atoms with Gasteiger partial charge in [-0.2, -0.15) is 0 Å². The maximum absolute atomic E-state index is 13.6. The van der Waals surface area contributed by atoms with Crippen molar-refractivity contribution in [3.8, 4) is 0 Å². The highest BCUT2D eigenvalue weighted by Crippen LogP contribution is 2.21. The molecule has 1 aromatic rings. The van der Waals surface area contributed by atoms with E-state index in [9.17, 15) is 9.18 Å². The fourth-order valence-corrected chi connectivity index (χ4v) is 2.43. The molecule has 1 N–H and O–H groups in total. The van der Waals surface area contributed by atoms with Crippen molar-refractivity contribution in [1.82, 2.24) is 5.32 Å². The third-order valence-electron chi connectivity index (χ3n) is 3.27. The lowest BCUT2D eigenvalue weighted by molar-refractivity contribution is -0.122. The second-order valence-electron chi connectivity index (χ2n) is 4.78. The molecule has 19 heavy (non-hydrogen) atoms. The summed E-state index contributed by atoms with van der Waals surface area (Å²) in [7, 11) is 0. The van der Waals surface area contributed by atoms with Gasteiger partial charge in [-0.15, -0.1) is 11.6 Å². The van der Waals surface area contributed by atoms with Gasteiger partial charge in [0, 0.05) is 22.0 Å². The number of carbonyl (C=O) groups is 1. The number of hydrogen-bond acceptors (Lipinski definition) is 1. The zero-order valence-electron chi connectivity index (χ0n) is 11.1. The predicted octanol–water partition coefficient (Wildman–Crippen LogP) is 3.94. The molecule has 0 saturated heterocycles. The fourth-order valence-electron chi connectivity index (χ4n) is 1.78. The average Bonchev–Trinajstić information content (AvgIpc) is 2.34. The van der Waals surface area contributed by atoms with Crippen molar-refractivity contribution in [2.24, 2.45) is 0 Å². The Morgan fingerprint density at radius 1 is 1.47 bits per heavy atom. The highest BCUT2D eigenvalue weighted by Gasteiger charge is 2.24. The zero-order chi connectivity index (χ0) is 14.5. The first-order valence-electron chi connectivity index (χ1n) is 6.21. The molecule has 1 rings (SSSR count). The van der Waals surface area contributed by atoms with E-state index >= 15 is 0 Å². The van der Waals surface area contributed by atoms with E-state index < -0.39 is 5.82 Å². The number of alkyl halides is 1. The largest absolute Gasteiger partial charge is 0.351 e. The van der Waals surface area contributed by atoms with Crippen LogP contribution in [0.25, 0.3) is 0 Å². The van der Waals surface area contributed by atoms with Crippen LogP contribution in [0.3, 0.4) is 0 Å². The maximum Gasteiger partial charge on any atom is 0.225 e. The number of carbonyl (C=O) groups excluding carboxylic acids is 1. The molecule has 1 atom stereocenters. The molecule has 0 spiro atoms. The van der Waals surface area contributed by atoms with Gasteiger partial charge in [0.25, 0.3) is 0 Å². The van der Waals surface area contributed by atoms with Crippen molar-refractivity contribution < 1.29 is 9.18 Å². The SMILES string of the molecule is CCC(C)(CCCl)NC(=O)Cc1c(F)cccc1Cl. The minimum atomic E-state index is -0.460. The van der Waals surface area contributed by atoms with E-state index in [2.05, 4.69) is 5.32 Å². The van der Waals surface area contributed by atoms with Gasteiger partial charge in [-0.1, -0.05) is 24.6 Å². The van der Waals surface area contributed by atoms with Crippen LogP contribution >= 0.6 is 23.2 Å². The zero-order valence-corrected chi connectivity index (χ0v) is 12.6. The normalized spacial score (nSPS) is 13.9. The summed E-state index contributed by atoms with van der Waals surface area (Å²) in [5.74, 6) is -0.245. The summed E-state index contributed by atoms with van der Waals surface area (Å²) in [5.41, 5.74) is -0.137. The lowest BCUT2D eigenvalue weighted by Crippen LogP contribution is -2.46. The number of hydrogen-bond donors (Lipinski definition) is 1. The highest BCUT2D eigenvalue weighted by molar-refractivity contribution is 6.31. The lowest BCUT2D eigenvalue weighted by atomic mass is 9.95. The van der Waals surface area contributed by atoms with E-state index in [-0.39, 0.29) is 28.5 Å². The standard InChI is InChI=1S/C14H18Cl2FNO/c1-3-14(2,7-8-15)18-13(19)9-10-11(16)5-4-6-12(10)17/h4-6H,3,7-9H2,1-2H3,(H,18,19). The van der Waals surface area contributed by atoms with Crippen molar-refractivity contribution in [3.05, 3.63) is 34.6 Å². The summed E-state index contributed by atoms with van der Waals surface area (Å²) in [6.45, 7) is 3.90. The van der Waals surface area contributed by atoms with Gasteiger partial charge in [0.2, 0.25) is 5.91 Å². The molecule has 0 bridgehead atoms.